The Morgan fingerprint density at radius 3 is 2.18 bits per heavy atom. The summed E-state index contributed by atoms with van der Waals surface area (Å²) < 4.78 is 5.65. The zero-order valence-corrected chi connectivity index (χ0v) is 18.3. The predicted molar refractivity (Wildman–Crippen MR) is 126 cm³/mol. The van der Waals surface area contributed by atoms with E-state index in [1.807, 2.05) is 84.7 Å². The number of aryl methyl sites for hydroxylation is 2. The van der Waals surface area contributed by atoms with E-state index < -0.39 is 11.0 Å². The second-order valence-electron chi connectivity index (χ2n) is 8.10. The van der Waals surface area contributed by atoms with Gasteiger partial charge in [0.1, 0.15) is 6.04 Å². The molecular formula is C26H22N4O3. The van der Waals surface area contributed by atoms with Gasteiger partial charge in [-0.05, 0) is 37.1 Å². The van der Waals surface area contributed by atoms with Gasteiger partial charge < -0.3 is 4.52 Å². The van der Waals surface area contributed by atoms with Crippen molar-refractivity contribution in [3.63, 3.8) is 0 Å². The quantitative estimate of drug-likeness (QED) is 0.284. The lowest BCUT2D eigenvalue weighted by atomic mass is 9.83. The molecule has 0 bridgehead atoms. The summed E-state index contributed by atoms with van der Waals surface area (Å²) >= 11 is 0. The molecule has 7 heteroatoms. The molecule has 5 rings (SSSR count). The molecule has 2 heterocycles. The number of hydrazone groups is 1. The van der Waals surface area contributed by atoms with Crippen LogP contribution in [0.5, 0.6) is 0 Å². The van der Waals surface area contributed by atoms with Crippen molar-refractivity contribution in [2.75, 3.05) is 5.01 Å². The highest BCUT2D eigenvalue weighted by Gasteiger charge is 2.47. The van der Waals surface area contributed by atoms with Crippen LogP contribution in [0.3, 0.4) is 0 Å². The van der Waals surface area contributed by atoms with Gasteiger partial charge in [-0.1, -0.05) is 83.5 Å². The first-order valence-corrected chi connectivity index (χ1v) is 10.7. The van der Waals surface area contributed by atoms with Crippen molar-refractivity contribution in [1.29, 1.82) is 0 Å². The van der Waals surface area contributed by atoms with Crippen molar-refractivity contribution in [2.24, 2.45) is 5.10 Å². The van der Waals surface area contributed by atoms with Crippen LogP contribution in [0.1, 0.15) is 40.1 Å². The SMILES string of the molecule is Cc1ccc(C2C(c3ccccc3)=NN(c3ccccc3)C2c2onc(C)c2[N+](=O)[O-])cc1. The lowest BCUT2D eigenvalue weighted by Crippen LogP contribution is -2.25. The van der Waals surface area contributed by atoms with Crippen LogP contribution in [0.15, 0.2) is 94.6 Å². The van der Waals surface area contributed by atoms with E-state index in [1.165, 1.54) is 0 Å². The van der Waals surface area contributed by atoms with Crippen molar-refractivity contribution >= 4 is 17.1 Å². The molecule has 0 spiro atoms. The summed E-state index contributed by atoms with van der Waals surface area (Å²) in [7, 11) is 0. The van der Waals surface area contributed by atoms with Crippen LogP contribution in [0.4, 0.5) is 11.4 Å². The first kappa shape index (κ1) is 20.6. The highest BCUT2D eigenvalue weighted by molar-refractivity contribution is 6.08. The van der Waals surface area contributed by atoms with Crippen LogP contribution < -0.4 is 5.01 Å². The monoisotopic (exact) mass is 438 g/mol. The van der Waals surface area contributed by atoms with Crippen molar-refractivity contribution in [1.82, 2.24) is 5.16 Å². The second kappa shape index (κ2) is 8.35. The molecular weight excluding hydrogens is 416 g/mol. The van der Waals surface area contributed by atoms with Gasteiger partial charge in [0, 0.05) is 0 Å². The zero-order chi connectivity index (χ0) is 22.9. The van der Waals surface area contributed by atoms with Gasteiger partial charge in [-0.15, -0.1) is 0 Å². The van der Waals surface area contributed by atoms with Gasteiger partial charge >= 0.3 is 5.69 Å². The fourth-order valence-electron chi connectivity index (χ4n) is 4.35. The molecule has 4 aromatic rings. The highest BCUT2D eigenvalue weighted by atomic mass is 16.6. The molecule has 0 saturated carbocycles. The van der Waals surface area contributed by atoms with E-state index in [1.54, 1.807) is 6.92 Å². The maximum atomic E-state index is 12.0. The van der Waals surface area contributed by atoms with Gasteiger partial charge in [0.15, 0.2) is 5.69 Å². The summed E-state index contributed by atoms with van der Waals surface area (Å²) in [5, 5.41) is 22.8. The van der Waals surface area contributed by atoms with E-state index in [0.717, 1.165) is 28.1 Å². The first-order valence-electron chi connectivity index (χ1n) is 10.7. The van der Waals surface area contributed by atoms with Crippen LogP contribution in [0.2, 0.25) is 0 Å². The zero-order valence-electron chi connectivity index (χ0n) is 18.3. The van der Waals surface area contributed by atoms with E-state index in [4.69, 9.17) is 9.62 Å². The van der Waals surface area contributed by atoms with Crippen LogP contribution in [-0.2, 0) is 0 Å². The summed E-state index contributed by atoms with van der Waals surface area (Å²) in [5.74, 6) is -0.110. The Labute approximate surface area is 191 Å². The summed E-state index contributed by atoms with van der Waals surface area (Å²) in [6.07, 6.45) is 0. The molecule has 2 unspecified atom stereocenters. The van der Waals surface area contributed by atoms with E-state index in [2.05, 4.69) is 17.3 Å². The van der Waals surface area contributed by atoms with E-state index in [-0.39, 0.29) is 23.1 Å². The Morgan fingerprint density at radius 1 is 0.909 bits per heavy atom. The summed E-state index contributed by atoms with van der Waals surface area (Å²) in [5.41, 5.74) is 4.85. The molecule has 0 fully saturated rings. The largest absolute Gasteiger partial charge is 0.351 e. The van der Waals surface area contributed by atoms with Crippen molar-refractivity contribution in [3.05, 3.63) is 123 Å². The topological polar surface area (TPSA) is 84.8 Å². The number of aromatic nitrogens is 1. The number of nitro groups is 1. The summed E-state index contributed by atoms with van der Waals surface area (Å²) in [6.45, 7) is 3.62. The smallest absolute Gasteiger partial charge is 0.336 e. The van der Waals surface area contributed by atoms with Crippen molar-refractivity contribution < 1.29 is 9.45 Å². The fraction of sp³-hybridized carbons (Fsp3) is 0.154. The molecule has 7 nitrogen and oxygen atoms in total. The lowest BCUT2D eigenvalue weighted by Gasteiger charge is -2.26. The Balaban J connectivity index is 1.77. The molecule has 0 amide bonds. The van der Waals surface area contributed by atoms with Gasteiger partial charge in [-0.3, -0.25) is 15.1 Å². The second-order valence-corrected chi connectivity index (χ2v) is 8.10. The number of nitrogens with zero attached hydrogens (tertiary/aromatic N) is 4. The molecule has 0 saturated heterocycles. The molecule has 1 aliphatic rings. The molecule has 1 aliphatic heterocycles. The maximum Gasteiger partial charge on any atom is 0.336 e. The predicted octanol–water partition coefficient (Wildman–Crippen LogP) is 5.95. The Hall–Kier alpha value is -4.26. The van der Waals surface area contributed by atoms with Crippen LogP contribution in [0, 0.1) is 24.0 Å². The van der Waals surface area contributed by atoms with Crippen molar-refractivity contribution in [3.8, 4) is 0 Å². The average Bonchev–Trinajstić information content (AvgIpc) is 3.41. The molecule has 3 aromatic carbocycles. The Morgan fingerprint density at radius 2 is 1.55 bits per heavy atom. The average molecular weight is 438 g/mol. The molecule has 33 heavy (non-hydrogen) atoms. The Bertz CT molecular complexity index is 1310. The molecule has 0 N–H and O–H groups in total. The van der Waals surface area contributed by atoms with Crippen LogP contribution >= 0.6 is 0 Å². The normalized spacial score (nSPS) is 17.8. The van der Waals surface area contributed by atoms with Gasteiger partial charge in [0.05, 0.1) is 22.2 Å². The standard InChI is InChI=1S/C26H22N4O3/c1-17-13-15-19(16-14-17)22-23(20-9-5-3-6-10-20)27-29(21-11-7-4-8-12-21)25(22)26-24(30(31)32)18(2)28-33-26/h3-16,22,25H,1-2H3. The Kier molecular flexibility index (Phi) is 5.22. The van der Waals surface area contributed by atoms with Crippen molar-refractivity contribution in [2.45, 2.75) is 25.8 Å². The van der Waals surface area contributed by atoms with E-state index >= 15 is 0 Å². The minimum absolute atomic E-state index is 0.109. The minimum atomic E-state index is -0.577. The van der Waals surface area contributed by atoms with Gasteiger partial charge in [0.25, 0.3) is 0 Å². The highest BCUT2D eigenvalue weighted by Crippen LogP contribution is 2.48. The third-order valence-electron chi connectivity index (χ3n) is 5.92. The molecule has 0 aliphatic carbocycles. The van der Waals surface area contributed by atoms with E-state index in [0.29, 0.717) is 0 Å². The van der Waals surface area contributed by atoms with Crippen LogP contribution in [-0.4, -0.2) is 15.8 Å². The maximum absolute atomic E-state index is 12.0. The molecule has 1 aromatic heterocycles. The summed E-state index contributed by atoms with van der Waals surface area (Å²) in [6, 6.07) is 27.1. The minimum Gasteiger partial charge on any atom is -0.351 e. The lowest BCUT2D eigenvalue weighted by molar-refractivity contribution is -0.386. The number of hydrogen-bond donors (Lipinski definition) is 0. The third kappa shape index (κ3) is 3.67. The van der Waals surface area contributed by atoms with Crippen LogP contribution in [0.25, 0.3) is 0 Å². The van der Waals surface area contributed by atoms with Gasteiger partial charge in [-0.2, -0.15) is 5.10 Å². The number of anilines is 1. The fourth-order valence-corrected chi connectivity index (χ4v) is 4.35. The van der Waals surface area contributed by atoms with Gasteiger partial charge in [-0.25, -0.2) is 0 Å². The molecule has 0 radical (unpaired) electrons. The number of benzene rings is 3. The van der Waals surface area contributed by atoms with E-state index in [9.17, 15) is 10.1 Å². The summed E-state index contributed by atoms with van der Waals surface area (Å²) in [4.78, 5) is 11.6. The number of rotatable bonds is 5. The number of hydrogen-bond acceptors (Lipinski definition) is 6. The molecule has 164 valence electrons. The molecule has 2 atom stereocenters. The van der Waals surface area contributed by atoms with Gasteiger partial charge in [0.2, 0.25) is 5.76 Å². The number of para-hydroxylation sites is 1. The third-order valence-corrected chi connectivity index (χ3v) is 5.92. The first-order chi connectivity index (χ1) is 16.0.